The number of rotatable bonds is 9. The van der Waals surface area contributed by atoms with E-state index in [1.807, 2.05) is 0 Å². The Hall–Kier alpha value is -1.22. The molecule has 4 unspecified atom stereocenters. The molecule has 1 aliphatic heterocycles. The predicted molar refractivity (Wildman–Crippen MR) is 154 cm³/mol. The van der Waals surface area contributed by atoms with Crippen LogP contribution in [0.15, 0.2) is 42.5 Å². The maximum Gasteiger partial charge on any atom is 0.306 e. The minimum atomic E-state index is -1.95. The molecule has 1 saturated heterocycles. The summed E-state index contributed by atoms with van der Waals surface area (Å²) in [6, 6.07) is 10.7. The summed E-state index contributed by atoms with van der Waals surface area (Å²) in [5.74, 6) is 0.316. The second-order valence-corrected chi connectivity index (χ2v) is 23.5. The molecule has 0 amide bonds. The van der Waals surface area contributed by atoms with Gasteiger partial charge in [-0.3, -0.25) is 4.79 Å². The van der Waals surface area contributed by atoms with E-state index in [0.717, 1.165) is 19.3 Å². The molecule has 4 nitrogen and oxygen atoms in total. The summed E-state index contributed by atoms with van der Waals surface area (Å²) >= 11 is 0. The average molecular weight is 531 g/mol. The number of aryl methyl sites for hydroxylation is 1. The highest BCUT2D eigenvalue weighted by molar-refractivity contribution is 6.74. The van der Waals surface area contributed by atoms with Crippen molar-refractivity contribution in [3.8, 4) is 0 Å². The van der Waals surface area contributed by atoms with Crippen LogP contribution < -0.4 is 0 Å². The number of ether oxygens (including phenoxy) is 1. The molecule has 1 saturated carbocycles. The average Bonchev–Trinajstić information content (AvgIpc) is 3.24. The molecule has 0 radical (unpaired) electrons. The molecule has 0 N–H and O–H groups in total. The minimum Gasteiger partial charge on any atom is -0.462 e. The van der Waals surface area contributed by atoms with Gasteiger partial charge in [0.25, 0.3) is 0 Å². The molecule has 5 atom stereocenters. The van der Waals surface area contributed by atoms with Crippen LogP contribution in [-0.4, -0.2) is 40.9 Å². The lowest BCUT2D eigenvalue weighted by Gasteiger charge is -2.40. The maximum atomic E-state index is 12.2. The van der Waals surface area contributed by atoms with Crippen molar-refractivity contribution in [3.63, 3.8) is 0 Å². The second-order valence-electron chi connectivity index (χ2n) is 14.0. The zero-order valence-corrected chi connectivity index (χ0v) is 26.4. The lowest BCUT2D eigenvalue weighted by molar-refractivity contribution is -0.141. The van der Waals surface area contributed by atoms with Crippen LogP contribution in [0.2, 0.25) is 36.3 Å². The van der Waals surface area contributed by atoms with Gasteiger partial charge in [0, 0.05) is 18.3 Å². The van der Waals surface area contributed by atoms with Crippen LogP contribution in [0.4, 0.5) is 0 Å². The van der Waals surface area contributed by atoms with Gasteiger partial charge in [-0.15, -0.1) is 0 Å². The number of hydrogen-bond donors (Lipinski definition) is 0. The molecular weight excluding hydrogens is 480 g/mol. The molecule has 0 aromatic heterocycles. The Morgan fingerprint density at radius 2 is 1.61 bits per heavy atom. The van der Waals surface area contributed by atoms with Gasteiger partial charge >= 0.3 is 5.97 Å². The van der Waals surface area contributed by atoms with Gasteiger partial charge in [-0.05, 0) is 54.7 Å². The van der Waals surface area contributed by atoms with E-state index in [4.69, 9.17) is 13.6 Å². The maximum absolute atomic E-state index is 12.2. The topological polar surface area (TPSA) is 44.8 Å². The van der Waals surface area contributed by atoms with Crippen molar-refractivity contribution in [3.05, 3.63) is 48.0 Å². The molecule has 202 valence electrons. The van der Waals surface area contributed by atoms with Crippen molar-refractivity contribution in [2.24, 2.45) is 11.8 Å². The molecular formula is C30H50O4Si2. The van der Waals surface area contributed by atoms with Crippen molar-refractivity contribution in [1.29, 1.82) is 0 Å². The van der Waals surface area contributed by atoms with E-state index in [1.165, 1.54) is 5.56 Å². The Balaban J connectivity index is 1.84. The molecule has 0 bridgehead atoms. The van der Waals surface area contributed by atoms with Crippen LogP contribution in [0.25, 0.3) is 0 Å². The molecule has 0 spiro atoms. The first-order chi connectivity index (χ1) is 16.5. The summed E-state index contributed by atoms with van der Waals surface area (Å²) in [5.41, 5.74) is 1.34. The Morgan fingerprint density at radius 3 is 2.19 bits per heavy atom. The van der Waals surface area contributed by atoms with Crippen molar-refractivity contribution < 1.29 is 18.4 Å². The first-order valence-electron chi connectivity index (χ1n) is 13.8. The van der Waals surface area contributed by atoms with E-state index < -0.39 is 16.6 Å². The largest absolute Gasteiger partial charge is 0.462 e. The lowest BCUT2D eigenvalue weighted by atomic mass is 9.91. The SMILES string of the molecule is CC(C)(C)[Si](C)(C)OC1CC2OC(=O)CC2C1/C=C/[C@H](CCc1ccccc1)O[Si](C)(C)C(C)(C)C. The van der Waals surface area contributed by atoms with Crippen molar-refractivity contribution >= 4 is 22.6 Å². The molecule has 36 heavy (non-hydrogen) atoms. The van der Waals surface area contributed by atoms with E-state index in [0.29, 0.717) is 6.42 Å². The zero-order chi connectivity index (χ0) is 26.9. The Kier molecular flexibility index (Phi) is 8.86. The van der Waals surface area contributed by atoms with Gasteiger partial charge in [0.15, 0.2) is 16.6 Å². The third kappa shape index (κ3) is 7.00. The third-order valence-electron chi connectivity index (χ3n) is 9.16. The number of hydrogen-bond acceptors (Lipinski definition) is 4. The molecule has 1 aromatic rings. The molecule has 1 aliphatic carbocycles. The minimum absolute atomic E-state index is 0.0222. The summed E-state index contributed by atoms with van der Waals surface area (Å²) in [7, 11) is -3.91. The van der Waals surface area contributed by atoms with E-state index in [-0.39, 0.29) is 46.2 Å². The number of carbonyl (C=O) groups is 1. The van der Waals surface area contributed by atoms with E-state index in [2.05, 4.69) is 110 Å². The summed E-state index contributed by atoms with van der Waals surface area (Å²) in [4.78, 5) is 12.2. The number of carbonyl (C=O) groups excluding carboxylic acids is 1. The van der Waals surface area contributed by atoms with Gasteiger partial charge in [-0.25, -0.2) is 0 Å². The fraction of sp³-hybridized carbons (Fsp3) is 0.700. The van der Waals surface area contributed by atoms with Gasteiger partial charge in [-0.1, -0.05) is 84.0 Å². The fourth-order valence-electron chi connectivity index (χ4n) is 4.80. The van der Waals surface area contributed by atoms with Crippen molar-refractivity contribution in [2.75, 3.05) is 0 Å². The zero-order valence-electron chi connectivity index (χ0n) is 24.4. The number of benzene rings is 1. The smallest absolute Gasteiger partial charge is 0.306 e. The summed E-state index contributed by atoms with van der Waals surface area (Å²) < 4.78 is 19.6. The summed E-state index contributed by atoms with van der Waals surface area (Å²) in [6.45, 7) is 23.0. The first kappa shape index (κ1) is 29.3. The molecule has 3 rings (SSSR count). The first-order valence-corrected chi connectivity index (χ1v) is 19.6. The molecule has 6 heteroatoms. The number of esters is 1. The summed E-state index contributed by atoms with van der Waals surface area (Å²) in [6.07, 6.45) is 7.94. The van der Waals surface area contributed by atoms with Crippen LogP contribution in [0, 0.1) is 11.8 Å². The summed E-state index contributed by atoms with van der Waals surface area (Å²) in [5, 5.41) is 0.281. The quantitative estimate of drug-likeness (QED) is 0.185. The number of fused-ring (bicyclic) bond motifs is 1. The Morgan fingerprint density at radius 1 is 1.00 bits per heavy atom. The highest BCUT2D eigenvalue weighted by Crippen LogP contribution is 2.47. The highest BCUT2D eigenvalue weighted by Gasteiger charge is 2.52. The van der Waals surface area contributed by atoms with Crippen molar-refractivity contribution in [2.45, 2.75) is 122 Å². The van der Waals surface area contributed by atoms with E-state index >= 15 is 0 Å². The van der Waals surface area contributed by atoms with Crippen LogP contribution in [0.5, 0.6) is 0 Å². The van der Waals surface area contributed by atoms with Crippen LogP contribution in [0.3, 0.4) is 0 Å². The van der Waals surface area contributed by atoms with E-state index in [1.54, 1.807) is 0 Å². The molecule has 1 heterocycles. The van der Waals surface area contributed by atoms with Crippen LogP contribution in [0.1, 0.15) is 66.4 Å². The molecule has 2 fully saturated rings. The normalized spacial score (nSPS) is 26.3. The fourth-order valence-corrected chi connectivity index (χ4v) is 7.47. The monoisotopic (exact) mass is 530 g/mol. The Bertz CT molecular complexity index is 911. The Labute approximate surface area is 222 Å². The van der Waals surface area contributed by atoms with Gasteiger partial charge in [0.2, 0.25) is 0 Å². The third-order valence-corrected chi connectivity index (χ3v) is 18.2. The predicted octanol–water partition coefficient (Wildman–Crippen LogP) is 7.91. The van der Waals surface area contributed by atoms with Gasteiger partial charge in [0.1, 0.15) is 6.10 Å². The second kappa shape index (κ2) is 10.9. The van der Waals surface area contributed by atoms with Crippen LogP contribution in [-0.2, 0) is 24.8 Å². The highest BCUT2D eigenvalue weighted by atomic mass is 28.4. The van der Waals surface area contributed by atoms with Gasteiger partial charge < -0.3 is 13.6 Å². The lowest BCUT2D eigenvalue weighted by Crippen LogP contribution is -2.45. The standard InChI is InChI=1S/C30H50O4Si2/c1-29(2,3)35(7,8)33-23(17-16-22-14-12-11-13-15-22)18-19-24-25-20-28(31)32-26(25)21-27(24)34-36(9,10)30(4,5)6/h11-15,18-19,23-27H,16-17,20-21H2,1-10H3/b19-18+/t23-,24?,25?,26?,27?/m0/s1. The van der Waals surface area contributed by atoms with E-state index in [9.17, 15) is 4.79 Å². The van der Waals surface area contributed by atoms with Gasteiger partial charge in [0.05, 0.1) is 18.6 Å². The van der Waals surface area contributed by atoms with Crippen LogP contribution >= 0.6 is 0 Å². The molecule has 2 aliphatic rings. The molecule has 1 aromatic carbocycles. The van der Waals surface area contributed by atoms with Gasteiger partial charge in [-0.2, -0.15) is 0 Å². The van der Waals surface area contributed by atoms with Crippen molar-refractivity contribution in [1.82, 2.24) is 0 Å².